The summed E-state index contributed by atoms with van der Waals surface area (Å²) in [5.41, 5.74) is 1.73. The van der Waals surface area contributed by atoms with Crippen LogP contribution < -0.4 is 10.1 Å². The Morgan fingerprint density at radius 1 is 1.44 bits per heavy atom. The second-order valence-electron chi connectivity index (χ2n) is 3.92. The molecule has 18 heavy (non-hydrogen) atoms. The molecule has 0 spiro atoms. The lowest BCUT2D eigenvalue weighted by Crippen LogP contribution is -2.08. The van der Waals surface area contributed by atoms with Gasteiger partial charge in [0.15, 0.2) is 0 Å². The van der Waals surface area contributed by atoms with Crippen molar-refractivity contribution in [3.05, 3.63) is 40.7 Å². The summed E-state index contributed by atoms with van der Waals surface area (Å²) in [4.78, 5) is 0. The summed E-state index contributed by atoms with van der Waals surface area (Å²) in [5, 5.41) is 11.6. The van der Waals surface area contributed by atoms with Crippen LogP contribution in [-0.2, 0) is 20.2 Å². The zero-order chi connectivity index (χ0) is 13.0. The maximum Gasteiger partial charge on any atom is 0.134 e. The standard InChI is InChI=1S/C12H15ClN4O/c1-14-6-10-11(13)4-3-5-12(10)18-8-9-7-17(2)16-15-9/h3-5,7,14H,6,8H2,1-2H3. The van der Waals surface area contributed by atoms with Gasteiger partial charge in [0, 0.05) is 24.2 Å². The van der Waals surface area contributed by atoms with E-state index in [9.17, 15) is 0 Å². The summed E-state index contributed by atoms with van der Waals surface area (Å²) in [7, 11) is 3.69. The average Bonchev–Trinajstić information content (AvgIpc) is 2.76. The van der Waals surface area contributed by atoms with E-state index in [2.05, 4.69) is 15.6 Å². The largest absolute Gasteiger partial charge is 0.487 e. The SMILES string of the molecule is CNCc1c(Cl)cccc1OCc1cn(C)nn1. The van der Waals surface area contributed by atoms with Crippen molar-refractivity contribution in [1.29, 1.82) is 0 Å². The molecule has 0 saturated heterocycles. The molecule has 5 nitrogen and oxygen atoms in total. The first-order chi connectivity index (χ1) is 8.70. The van der Waals surface area contributed by atoms with Crippen LogP contribution in [0.4, 0.5) is 0 Å². The van der Waals surface area contributed by atoms with Gasteiger partial charge in [0.1, 0.15) is 18.1 Å². The minimum atomic E-state index is 0.380. The van der Waals surface area contributed by atoms with Gasteiger partial charge in [-0.3, -0.25) is 4.68 Å². The van der Waals surface area contributed by atoms with Crippen molar-refractivity contribution in [3.63, 3.8) is 0 Å². The Morgan fingerprint density at radius 2 is 2.28 bits per heavy atom. The molecule has 0 atom stereocenters. The maximum absolute atomic E-state index is 6.14. The highest BCUT2D eigenvalue weighted by atomic mass is 35.5. The molecule has 2 aromatic rings. The van der Waals surface area contributed by atoms with Crippen molar-refractivity contribution in [2.24, 2.45) is 7.05 Å². The van der Waals surface area contributed by atoms with Crippen LogP contribution in [0.3, 0.4) is 0 Å². The van der Waals surface area contributed by atoms with Crippen molar-refractivity contribution >= 4 is 11.6 Å². The molecule has 0 fully saturated rings. The lowest BCUT2D eigenvalue weighted by atomic mass is 10.2. The van der Waals surface area contributed by atoms with Crippen molar-refractivity contribution < 1.29 is 4.74 Å². The van der Waals surface area contributed by atoms with Crippen molar-refractivity contribution in [2.75, 3.05) is 7.05 Å². The lowest BCUT2D eigenvalue weighted by molar-refractivity contribution is 0.297. The highest BCUT2D eigenvalue weighted by molar-refractivity contribution is 6.31. The van der Waals surface area contributed by atoms with E-state index in [1.54, 1.807) is 4.68 Å². The van der Waals surface area contributed by atoms with E-state index in [4.69, 9.17) is 16.3 Å². The Bertz CT molecular complexity index is 527. The predicted molar refractivity (Wildman–Crippen MR) is 69.6 cm³/mol. The van der Waals surface area contributed by atoms with Crippen molar-refractivity contribution in [3.8, 4) is 5.75 Å². The fraction of sp³-hybridized carbons (Fsp3) is 0.333. The first kappa shape index (κ1) is 12.9. The molecule has 1 aromatic heterocycles. The molecule has 0 unspecified atom stereocenters. The summed E-state index contributed by atoms with van der Waals surface area (Å²) >= 11 is 6.14. The summed E-state index contributed by atoms with van der Waals surface area (Å²) in [6.45, 7) is 1.04. The van der Waals surface area contributed by atoms with Crippen LogP contribution in [0, 0.1) is 0 Å². The molecule has 0 amide bonds. The number of halogens is 1. The number of ether oxygens (including phenoxy) is 1. The highest BCUT2D eigenvalue weighted by Crippen LogP contribution is 2.26. The van der Waals surface area contributed by atoms with Gasteiger partial charge in [0.05, 0.1) is 6.20 Å². The first-order valence-electron chi connectivity index (χ1n) is 5.60. The van der Waals surface area contributed by atoms with Crippen LogP contribution in [-0.4, -0.2) is 22.0 Å². The lowest BCUT2D eigenvalue weighted by Gasteiger charge is -2.11. The monoisotopic (exact) mass is 266 g/mol. The maximum atomic E-state index is 6.14. The number of aryl methyl sites for hydroxylation is 1. The second kappa shape index (κ2) is 5.84. The molecule has 0 radical (unpaired) electrons. The number of hydrogen-bond acceptors (Lipinski definition) is 4. The van der Waals surface area contributed by atoms with Crippen molar-refractivity contribution in [2.45, 2.75) is 13.2 Å². The quantitative estimate of drug-likeness (QED) is 0.896. The molecule has 96 valence electrons. The Hall–Kier alpha value is -1.59. The summed E-state index contributed by atoms with van der Waals surface area (Å²) in [5.74, 6) is 0.766. The molecule has 0 aliphatic rings. The third kappa shape index (κ3) is 3.00. The van der Waals surface area contributed by atoms with Gasteiger partial charge in [-0.1, -0.05) is 22.9 Å². The minimum absolute atomic E-state index is 0.380. The zero-order valence-corrected chi connectivity index (χ0v) is 11.1. The molecule has 1 heterocycles. The third-order valence-corrected chi connectivity index (χ3v) is 2.81. The number of aromatic nitrogens is 3. The topological polar surface area (TPSA) is 52.0 Å². The minimum Gasteiger partial charge on any atom is -0.487 e. The molecule has 2 rings (SSSR count). The number of nitrogens with zero attached hydrogens (tertiary/aromatic N) is 3. The van der Waals surface area contributed by atoms with E-state index >= 15 is 0 Å². The second-order valence-corrected chi connectivity index (χ2v) is 4.33. The van der Waals surface area contributed by atoms with Gasteiger partial charge in [0.25, 0.3) is 0 Å². The molecule has 6 heteroatoms. The molecule has 1 N–H and O–H groups in total. The molecular weight excluding hydrogens is 252 g/mol. The van der Waals surface area contributed by atoms with Gasteiger partial charge in [-0.2, -0.15) is 0 Å². The number of rotatable bonds is 5. The van der Waals surface area contributed by atoms with E-state index in [1.807, 2.05) is 38.5 Å². The fourth-order valence-electron chi connectivity index (χ4n) is 1.64. The van der Waals surface area contributed by atoms with Crippen LogP contribution >= 0.6 is 11.6 Å². The summed E-state index contributed by atoms with van der Waals surface area (Å²) in [6.07, 6.45) is 1.82. The number of nitrogens with one attached hydrogen (secondary N) is 1. The van der Waals surface area contributed by atoms with Crippen molar-refractivity contribution in [1.82, 2.24) is 20.3 Å². The van der Waals surface area contributed by atoms with E-state index < -0.39 is 0 Å². The first-order valence-corrected chi connectivity index (χ1v) is 5.98. The average molecular weight is 267 g/mol. The van der Waals surface area contributed by atoms with Gasteiger partial charge >= 0.3 is 0 Å². The number of benzene rings is 1. The van der Waals surface area contributed by atoms with Gasteiger partial charge in [-0.15, -0.1) is 5.10 Å². The molecule has 0 bridgehead atoms. The van der Waals surface area contributed by atoms with E-state index in [-0.39, 0.29) is 0 Å². The molecule has 0 aliphatic heterocycles. The summed E-state index contributed by atoms with van der Waals surface area (Å²) in [6, 6.07) is 5.62. The Labute approximate surface area is 111 Å². The fourth-order valence-corrected chi connectivity index (χ4v) is 1.87. The van der Waals surface area contributed by atoms with Crippen LogP contribution in [0.15, 0.2) is 24.4 Å². The van der Waals surface area contributed by atoms with Crippen LogP contribution in [0.1, 0.15) is 11.3 Å². The molecule has 1 aromatic carbocycles. The third-order valence-electron chi connectivity index (χ3n) is 2.46. The van der Waals surface area contributed by atoms with E-state index in [1.165, 1.54) is 0 Å². The van der Waals surface area contributed by atoms with Crippen LogP contribution in [0.2, 0.25) is 5.02 Å². The van der Waals surface area contributed by atoms with Gasteiger partial charge in [-0.05, 0) is 19.2 Å². The Kier molecular flexibility index (Phi) is 4.17. The Balaban J connectivity index is 2.11. The highest BCUT2D eigenvalue weighted by Gasteiger charge is 2.08. The van der Waals surface area contributed by atoms with E-state index in [0.29, 0.717) is 18.2 Å². The smallest absolute Gasteiger partial charge is 0.134 e. The summed E-state index contributed by atoms with van der Waals surface area (Å²) < 4.78 is 7.37. The van der Waals surface area contributed by atoms with Gasteiger partial charge in [0.2, 0.25) is 0 Å². The number of hydrogen-bond donors (Lipinski definition) is 1. The van der Waals surface area contributed by atoms with Crippen LogP contribution in [0.5, 0.6) is 5.75 Å². The Morgan fingerprint density at radius 3 is 2.94 bits per heavy atom. The zero-order valence-electron chi connectivity index (χ0n) is 10.4. The van der Waals surface area contributed by atoms with Gasteiger partial charge in [-0.25, -0.2) is 0 Å². The normalized spacial score (nSPS) is 10.6. The van der Waals surface area contributed by atoms with E-state index in [0.717, 1.165) is 17.0 Å². The van der Waals surface area contributed by atoms with Gasteiger partial charge < -0.3 is 10.1 Å². The predicted octanol–water partition coefficient (Wildman–Crippen LogP) is 1.77. The molecule has 0 saturated carbocycles. The molecular formula is C12H15ClN4O. The molecule has 0 aliphatic carbocycles. The van der Waals surface area contributed by atoms with Crippen LogP contribution in [0.25, 0.3) is 0 Å².